The summed E-state index contributed by atoms with van der Waals surface area (Å²) in [6.45, 7) is 5.28. The standard InChI is InChI=1S/C9H17NO/c1-3-5-8-11-9-7-10-6-4-2/h2,10H,3,5-9H2,1H3. The van der Waals surface area contributed by atoms with E-state index in [2.05, 4.69) is 18.2 Å². The molecular weight excluding hydrogens is 138 g/mol. The molecule has 0 aliphatic rings. The maximum atomic E-state index is 5.29. The zero-order valence-corrected chi connectivity index (χ0v) is 7.23. The Morgan fingerprint density at radius 1 is 1.45 bits per heavy atom. The molecule has 0 bridgehead atoms. The van der Waals surface area contributed by atoms with Crippen molar-refractivity contribution in [1.29, 1.82) is 0 Å². The highest BCUT2D eigenvalue weighted by atomic mass is 16.5. The fourth-order valence-electron chi connectivity index (χ4n) is 0.653. The van der Waals surface area contributed by atoms with Crippen molar-refractivity contribution in [3.8, 4) is 12.3 Å². The minimum atomic E-state index is 0.636. The monoisotopic (exact) mass is 155 g/mol. The number of terminal acetylenes is 1. The summed E-state index contributed by atoms with van der Waals surface area (Å²) in [5.74, 6) is 2.50. The summed E-state index contributed by atoms with van der Waals surface area (Å²) in [7, 11) is 0. The van der Waals surface area contributed by atoms with Gasteiger partial charge in [0.2, 0.25) is 0 Å². The number of hydrogen-bond donors (Lipinski definition) is 1. The van der Waals surface area contributed by atoms with Gasteiger partial charge in [-0.15, -0.1) is 6.42 Å². The third kappa shape index (κ3) is 9.48. The van der Waals surface area contributed by atoms with Crippen LogP contribution < -0.4 is 5.32 Å². The van der Waals surface area contributed by atoms with Crippen LogP contribution in [-0.2, 0) is 4.74 Å². The lowest BCUT2D eigenvalue weighted by molar-refractivity contribution is 0.134. The number of rotatable bonds is 7. The molecule has 0 aromatic heterocycles. The SMILES string of the molecule is C#CCNCCOCCCC. The first-order chi connectivity index (χ1) is 5.41. The van der Waals surface area contributed by atoms with Crippen molar-refractivity contribution in [2.75, 3.05) is 26.3 Å². The van der Waals surface area contributed by atoms with Gasteiger partial charge in [0.05, 0.1) is 13.2 Å². The van der Waals surface area contributed by atoms with Crippen LogP contribution in [-0.4, -0.2) is 26.3 Å². The molecule has 0 aromatic carbocycles. The number of ether oxygens (including phenoxy) is 1. The molecule has 2 nitrogen and oxygen atoms in total. The lowest BCUT2D eigenvalue weighted by Gasteiger charge is -2.02. The molecule has 0 saturated carbocycles. The van der Waals surface area contributed by atoms with Crippen LogP contribution in [0.2, 0.25) is 0 Å². The quantitative estimate of drug-likeness (QED) is 0.438. The van der Waals surface area contributed by atoms with E-state index in [0.29, 0.717) is 6.54 Å². The zero-order chi connectivity index (χ0) is 8.36. The average Bonchev–Trinajstić information content (AvgIpc) is 2.03. The molecule has 0 saturated heterocycles. The molecule has 0 radical (unpaired) electrons. The number of unbranched alkanes of at least 4 members (excludes halogenated alkanes) is 1. The molecule has 0 fully saturated rings. The molecule has 0 unspecified atom stereocenters. The fourth-order valence-corrected chi connectivity index (χ4v) is 0.653. The molecule has 0 atom stereocenters. The molecular formula is C9H17NO. The third-order valence-corrected chi connectivity index (χ3v) is 1.29. The molecule has 0 rings (SSSR count). The highest BCUT2D eigenvalue weighted by molar-refractivity contribution is 4.86. The summed E-state index contributed by atoms with van der Waals surface area (Å²) in [5.41, 5.74) is 0. The van der Waals surface area contributed by atoms with E-state index >= 15 is 0 Å². The largest absolute Gasteiger partial charge is 0.380 e. The minimum Gasteiger partial charge on any atom is -0.380 e. The first kappa shape index (κ1) is 10.5. The molecule has 1 N–H and O–H groups in total. The normalized spacial score (nSPS) is 9.45. The van der Waals surface area contributed by atoms with Gasteiger partial charge in [-0.1, -0.05) is 19.3 Å². The van der Waals surface area contributed by atoms with Gasteiger partial charge in [0.15, 0.2) is 0 Å². The van der Waals surface area contributed by atoms with Gasteiger partial charge in [0.25, 0.3) is 0 Å². The van der Waals surface area contributed by atoms with Crippen molar-refractivity contribution in [1.82, 2.24) is 5.32 Å². The van der Waals surface area contributed by atoms with Gasteiger partial charge in [-0.3, -0.25) is 0 Å². The van der Waals surface area contributed by atoms with E-state index in [1.165, 1.54) is 6.42 Å². The van der Waals surface area contributed by atoms with Crippen LogP contribution in [0.15, 0.2) is 0 Å². The molecule has 0 aliphatic carbocycles. The lowest BCUT2D eigenvalue weighted by atomic mass is 10.4. The minimum absolute atomic E-state index is 0.636. The predicted octanol–water partition coefficient (Wildman–Crippen LogP) is 1.03. The Kier molecular flexibility index (Phi) is 9.03. The van der Waals surface area contributed by atoms with Crippen LogP contribution in [0.5, 0.6) is 0 Å². The van der Waals surface area contributed by atoms with Crippen LogP contribution in [0.4, 0.5) is 0 Å². The smallest absolute Gasteiger partial charge is 0.0591 e. The Bertz CT molecular complexity index is 107. The van der Waals surface area contributed by atoms with Crippen LogP contribution in [0, 0.1) is 12.3 Å². The van der Waals surface area contributed by atoms with Crippen LogP contribution in [0.25, 0.3) is 0 Å². The Balaban J connectivity index is 2.75. The second-order valence-electron chi connectivity index (χ2n) is 2.35. The van der Waals surface area contributed by atoms with E-state index in [-0.39, 0.29) is 0 Å². The number of nitrogens with one attached hydrogen (secondary N) is 1. The van der Waals surface area contributed by atoms with E-state index in [0.717, 1.165) is 26.2 Å². The van der Waals surface area contributed by atoms with Crippen LogP contribution >= 0.6 is 0 Å². The van der Waals surface area contributed by atoms with Gasteiger partial charge in [-0.2, -0.15) is 0 Å². The second-order valence-corrected chi connectivity index (χ2v) is 2.35. The Hall–Kier alpha value is -0.520. The van der Waals surface area contributed by atoms with Crippen molar-refractivity contribution in [3.63, 3.8) is 0 Å². The molecule has 0 heterocycles. The molecule has 0 amide bonds. The van der Waals surface area contributed by atoms with E-state index in [4.69, 9.17) is 11.2 Å². The highest BCUT2D eigenvalue weighted by Gasteiger charge is 1.85. The summed E-state index contributed by atoms with van der Waals surface area (Å²) < 4.78 is 5.29. The first-order valence-electron chi connectivity index (χ1n) is 4.13. The first-order valence-corrected chi connectivity index (χ1v) is 4.13. The van der Waals surface area contributed by atoms with E-state index < -0.39 is 0 Å². The van der Waals surface area contributed by atoms with E-state index in [1.54, 1.807) is 0 Å². The van der Waals surface area contributed by atoms with Crippen molar-refractivity contribution in [2.45, 2.75) is 19.8 Å². The van der Waals surface area contributed by atoms with Crippen molar-refractivity contribution in [2.24, 2.45) is 0 Å². The summed E-state index contributed by atoms with van der Waals surface area (Å²) in [4.78, 5) is 0. The van der Waals surface area contributed by atoms with Gasteiger partial charge in [0, 0.05) is 13.2 Å². The van der Waals surface area contributed by atoms with Crippen molar-refractivity contribution in [3.05, 3.63) is 0 Å². The van der Waals surface area contributed by atoms with Gasteiger partial charge in [-0.05, 0) is 6.42 Å². The lowest BCUT2D eigenvalue weighted by Crippen LogP contribution is -2.19. The highest BCUT2D eigenvalue weighted by Crippen LogP contribution is 1.86. The molecule has 0 aromatic rings. The Labute approximate surface area is 69.3 Å². The molecule has 0 spiro atoms. The Morgan fingerprint density at radius 2 is 2.27 bits per heavy atom. The zero-order valence-electron chi connectivity index (χ0n) is 7.23. The van der Waals surface area contributed by atoms with E-state index in [1.807, 2.05) is 0 Å². The summed E-state index contributed by atoms with van der Waals surface area (Å²) >= 11 is 0. The second kappa shape index (κ2) is 9.48. The topological polar surface area (TPSA) is 21.3 Å². The van der Waals surface area contributed by atoms with Crippen LogP contribution in [0.1, 0.15) is 19.8 Å². The average molecular weight is 155 g/mol. The Morgan fingerprint density at radius 3 is 2.91 bits per heavy atom. The van der Waals surface area contributed by atoms with Crippen molar-refractivity contribution < 1.29 is 4.74 Å². The molecule has 2 heteroatoms. The van der Waals surface area contributed by atoms with E-state index in [9.17, 15) is 0 Å². The molecule has 11 heavy (non-hydrogen) atoms. The fraction of sp³-hybridized carbons (Fsp3) is 0.778. The van der Waals surface area contributed by atoms with Gasteiger partial charge in [0.1, 0.15) is 0 Å². The summed E-state index contributed by atoms with van der Waals surface area (Å²) in [6, 6.07) is 0. The predicted molar refractivity (Wildman–Crippen MR) is 47.4 cm³/mol. The molecule has 64 valence electrons. The summed E-state index contributed by atoms with van der Waals surface area (Å²) in [5, 5.41) is 3.05. The maximum absolute atomic E-state index is 5.29. The molecule has 0 aliphatic heterocycles. The van der Waals surface area contributed by atoms with Crippen molar-refractivity contribution >= 4 is 0 Å². The van der Waals surface area contributed by atoms with Gasteiger partial charge in [-0.25, -0.2) is 0 Å². The van der Waals surface area contributed by atoms with Crippen LogP contribution in [0.3, 0.4) is 0 Å². The summed E-state index contributed by atoms with van der Waals surface area (Å²) in [6.07, 6.45) is 7.38. The van der Waals surface area contributed by atoms with Gasteiger partial charge < -0.3 is 10.1 Å². The third-order valence-electron chi connectivity index (χ3n) is 1.29. The number of hydrogen-bond acceptors (Lipinski definition) is 2. The maximum Gasteiger partial charge on any atom is 0.0591 e. The van der Waals surface area contributed by atoms with Gasteiger partial charge >= 0.3 is 0 Å².